The number of hydrogen-bond donors (Lipinski definition) is 3. The van der Waals surface area contributed by atoms with Crippen LogP contribution in [0.1, 0.15) is 21.5 Å². The van der Waals surface area contributed by atoms with Gasteiger partial charge in [0.25, 0.3) is 5.91 Å². The summed E-state index contributed by atoms with van der Waals surface area (Å²) < 4.78 is 0. The molecule has 0 radical (unpaired) electrons. The predicted octanol–water partition coefficient (Wildman–Crippen LogP) is 1.69. The highest BCUT2D eigenvalue weighted by Gasteiger charge is 2.12. The summed E-state index contributed by atoms with van der Waals surface area (Å²) in [6, 6.07) is 6.78. The second kappa shape index (κ2) is 6.55. The highest BCUT2D eigenvalue weighted by atomic mass is 16.3. The molecule has 0 aliphatic heterocycles. The van der Waals surface area contributed by atoms with Crippen molar-refractivity contribution in [1.82, 2.24) is 4.98 Å². The Balaban J connectivity index is 2.27. The number of pyridine rings is 1. The van der Waals surface area contributed by atoms with Crippen LogP contribution in [-0.4, -0.2) is 27.7 Å². The summed E-state index contributed by atoms with van der Waals surface area (Å²) in [5, 5.41) is 21.1. The minimum atomic E-state index is -0.426. The van der Waals surface area contributed by atoms with Crippen LogP contribution in [0.15, 0.2) is 36.7 Å². The second-order valence-corrected chi connectivity index (χ2v) is 4.34. The molecule has 1 amide bonds. The molecule has 2 rings (SSSR count). The maximum absolute atomic E-state index is 12.1. The van der Waals surface area contributed by atoms with Crippen LogP contribution < -0.4 is 5.32 Å². The minimum Gasteiger partial charge on any atom is -0.505 e. The van der Waals surface area contributed by atoms with Crippen LogP contribution >= 0.6 is 0 Å². The normalized spacial score (nSPS) is 9.62. The summed E-state index contributed by atoms with van der Waals surface area (Å²) in [7, 11) is 0. The Hall–Kier alpha value is -2.84. The molecule has 0 fully saturated rings. The number of aryl methyl sites for hydroxylation is 1. The number of nitrogens with one attached hydrogen (secondary N) is 1. The van der Waals surface area contributed by atoms with Gasteiger partial charge in [-0.1, -0.05) is 17.9 Å². The van der Waals surface area contributed by atoms with Gasteiger partial charge in [0.05, 0.1) is 11.8 Å². The van der Waals surface area contributed by atoms with E-state index < -0.39 is 5.91 Å². The summed E-state index contributed by atoms with van der Waals surface area (Å²) in [4.78, 5) is 15.9. The first-order chi connectivity index (χ1) is 10.1. The van der Waals surface area contributed by atoms with E-state index in [2.05, 4.69) is 22.1 Å². The van der Waals surface area contributed by atoms with E-state index in [0.29, 0.717) is 11.3 Å². The van der Waals surface area contributed by atoms with Crippen molar-refractivity contribution in [2.75, 3.05) is 11.9 Å². The largest absolute Gasteiger partial charge is 0.505 e. The summed E-state index contributed by atoms with van der Waals surface area (Å²) >= 11 is 0. The molecular formula is C16H14N2O3. The zero-order chi connectivity index (χ0) is 15.2. The number of anilines is 1. The highest BCUT2D eigenvalue weighted by Crippen LogP contribution is 2.20. The van der Waals surface area contributed by atoms with E-state index >= 15 is 0 Å². The molecule has 2 aromatic rings. The van der Waals surface area contributed by atoms with E-state index in [-0.39, 0.29) is 17.9 Å². The van der Waals surface area contributed by atoms with E-state index in [1.54, 1.807) is 12.1 Å². The van der Waals surface area contributed by atoms with E-state index in [1.165, 1.54) is 18.5 Å². The van der Waals surface area contributed by atoms with Crippen LogP contribution in [0.2, 0.25) is 0 Å². The van der Waals surface area contributed by atoms with Gasteiger partial charge in [-0.05, 0) is 30.7 Å². The van der Waals surface area contributed by atoms with Gasteiger partial charge in [-0.25, -0.2) is 0 Å². The molecule has 0 bridgehead atoms. The first-order valence-corrected chi connectivity index (χ1v) is 6.26. The average molecular weight is 282 g/mol. The van der Waals surface area contributed by atoms with Crippen LogP contribution in [0.5, 0.6) is 5.75 Å². The summed E-state index contributed by atoms with van der Waals surface area (Å²) in [5.74, 6) is 4.72. The average Bonchev–Trinajstić information content (AvgIpc) is 2.48. The molecule has 5 heteroatoms. The van der Waals surface area contributed by atoms with E-state index in [4.69, 9.17) is 5.11 Å². The van der Waals surface area contributed by atoms with E-state index in [9.17, 15) is 9.90 Å². The number of aromatic hydroxyl groups is 1. The number of aliphatic hydroxyl groups excluding tert-OH is 1. The molecule has 1 aromatic carbocycles. The predicted molar refractivity (Wildman–Crippen MR) is 79.0 cm³/mol. The van der Waals surface area contributed by atoms with Gasteiger partial charge >= 0.3 is 0 Å². The first kappa shape index (κ1) is 14.6. The van der Waals surface area contributed by atoms with Gasteiger partial charge < -0.3 is 15.5 Å². The Morgan fingerprint density at radius 1 is 1.38 bits per heavy atom. The summed E-state index contributed by atoms with van der Waals surface area (Å²) in [5.41, 5.74) is 2.30. The number of hydrogen-bond acceptors (Lipinski definition) is 4. The van der Waals surface area contributed by atoms with E-state index in [1.807, 2.05) is 13.0 Å². The topological polar surface area (TPSA) is 82.5 Å². The van der Waals surface area contributed by atoms with Gasteiger partial charge in [-0.3, -0.25) is 9.78 Å². The zero-order valence-corrected chi connectivity index (χ0v) is 11.4. The van der Waals surface area contributed by atoms with Gasteiger partial charge in [0.15, 0.2) is 0 Å². The number of rotatable bonds is 2. The lowest BCUT2D eigenvalue weighted by Crippen LogP contribution is -2.13. The van der Waals surface area contributed by atoms with Crippen LogP contribution in [-0.2, 0) is 0 Å². The van der Waals surface area contributed by atoms with Gasteiger partial charge in [0.2, 0.25) is 0 Å². The van der Waals surface area contributed by atoms with Crippen molar-refractivity contribution in [3.63, 3.8) is 0 Å². The smallest absolute Gasteiger partial charge is 0.259 e. The molecule has 0 aliphatic carbocycles. The van der Waals surface area contributed by atoms with Crippen molar-refractivity contribution in [1.29, 1.82) is 0 Å². The Morgan fingerprint density at radius 2 is 2.19 bits per heavy atom. The van der Waals surface area contributed by atoms with Gasteiger partial charge in [0, 0.05) is 17.4 Å². The lowest BCUT2D eigenvalue weighted by Gasteiger charge is -2.09. The fourth-order valence-corrected chi connectivity index (χ4v) is 1.74. The van der Waals surface area contributed by atoms with E-state index in [0.717, 1.165) is 5.56 Å². The number of carbonyl (C=O) groups is 1. The third-order valence-corrected chi connectivity index (χ3v) is 2.84. The molecule has 1 aromatic heterocycles. The Kier molecular flexibility index (Phi) is 4.54. The number of benzene rings is 1. The molecule has 3 N–H and O–H groups in total. The van der Waals surface area contributed by atoms with Crippen LogP contribution in [0, 0.1) is 18.8 Å². The standard InChI is InChI=1S/C16H14N2O3/c1-11-4-5-12(3-2-8-19)9-14(11)18-16(21)13-6-7-17-10-15(13)20/h4-7,9-10,19-20H,8H2,1H3,(H,18,21). The summed E-state index contributed by atoms with van der Waals surface area (Å²) in [6.45, 7) is 1.63. The monoisotopic (exact) mass is 282 g/mol. The fourth-order valence-electron chi connectivity index (χ4n) is 1.74. The molecule has 0 unspecified atom stereocenters. The lowest BCUT2D eigenvalue weighted by atomic mass is 10.1. The fraction of sp³-hybridized carbons (Fsp3) is 0.125. The number of aromatic nitrogens is 1. The Morgan fingerprint density at radius 3 is 2.90 bits per heavy atom. The van der Waals surface area contributed by atoms with Gasteiger partial charge in [0.1, 0.15) is 12.4 Å². The summed E-state index contributed by atoms with van der Waals surface area (Å²) in [6.07, 6.45) is 2.65. The van der Waals surface area contributed by atoms with Crippen LogP contribution in [0.3, 0.4) is 0 Å². The highest BCUT2D eigenvalue weighted by molar-refractivity contribution is 6.06. The van der Waals surface area contributed by atoms with Crippen LogP contribution in [0.25, 0.3) is 0 Å². The van der Waals surface area contributed by atoms with Crippen molar-refractivity contribution in [2.45, 2.75) is 6.92 Å². The van der Waals surface area contributed by atoms with Crippen molar-refractivity contribution in [3.05, 3.63) is 53.3 Å². The second-order valence-electron chi connectivity index (χ2n) is 4.34. The quantitative estimate of drug-likeness (QED) is 0.732. The van der Waals surface area contributed by atoms with Crippen LogP contribution in [0.4, 0.5) is 5.69 Å². The van der Waals surface area contributed by atoms with Crippen molar-refractivity contribution in [2.24, 2.45) is 0 Å². The molecule has 0 aliphatic rings. The molecule has 106 valence electrons. The number of aliphatic hydroxyl groups is 1. The van der Waals surface area contributed by atoms with Gasteiger partial charge in [-0.15, -0.1) is 0 Å². The molecule has 21 heavy (non-hydrogen) atoms. The Labute approximate surface area is 122 Å². The molecule has 0 atom stereocenters. The molecule has 0 spiro atoms. The zero-order valence-electron chi connectivity index (χ0n) is 11.4. The third kappa shape index (κ3) is 3.59. The number of carbonyl (C=O) groups excluding carboxylic acids is 1. The Bertz CT molecular complexity index is 730. The third-order valence-electron chi connectivity index (χ3n) is 2.84. The molecule has 0 saturated heterocycles. The number of amides is 1. The van der Waals surface area contributed by atoms with Gasteiger partial charge in [-0.2, -0.15) is 0 Å². The minimum absolute atomic E-state index is 0.149. The molecule has 0 saturated carbocycles. The SMILES string of the molecule is Cc1ccc(C#CCO)cc1NC(=O)c1ccncc1O. The van der Waals surface area contributed by atoms with Crippen molar-refractivity contribution >= 4 is 11.6 Å². The molecule has 1 heterocycles. The van der Waals surface area contributed by atoms with Crippen molar-refractivity contribution in [3.8, 4) is 17.6 Å². The lowest BCUT2D eigenvalue weighted by molar-refractivity contribution is 0.102. The maximum atomic E-state index is 12.1. The maximum Gasteiger partial charge on any atom is 0.259 e. The first-order valence-electron chi connectivity index (χ1n) is 6.26. The van der Waals surface area contributed by atoms with Crippen molar-refractivity contribution < 1.29 is 15.0 Å². The molecule has 5 nitrogen and oxygen atoms in total. The molecular weight excluding hydrogens is 268 g/mol. The number of nitrogens with zero attached hydrogens (tertiary/aromatic N) is 1.